The molecular weight excluding hydrogens is 476 g/mol. The molecule has 1 amide bonds. The molecule has 0 radical (unpaired) electrons. The number of anilines is 1. The highest BCUT2D eigenvalue weighted by atomic mass is 79.9. The Balaban J connectivity index is 1.86. The van der Waals surface area contributed by atoms with Crippen LogP contribution < -0.4 is 9.64 Å². The zero-order valence-corrected chi connectivity index (χ0v) is 19.3. The number of hydrogen-bond acceptors (Lipinski definition) is 6. The van der Waals surface area contributed by atoms with Crippen LogP contribution in [0, 0.1) is 6.92 Å². The van der Waals surface area contributed by atoms with E-state index < -0.39 is 17.7 Å². The minimum atomic E-state index is -0.872. The Morgan fingerprint density at radius 1 is 1.16 bits per heavy atom. The molecule has 8 heteroatoms. The third-order valence-corrected chi connectivity index (χ3v) is 5.46. The van der Waals surface area contributed by atoms with Gasteiger partial charge in [0.25, 0.3) is 5.78 Å². The molecule has 1 aliphatic rings. The summed E-state index contributed by atoms with van der Waals surface area (Å²) in [5, 5.41) is 15.1. The number of aryl methyl sites for hydroxylation is 1. The van der Waals surface area contributed by atoms with Crippen LogP contribution in [-0.2, 0) is 9.59 Å². The molecule has 0 bridgehead atoms. The highest BCUT2D eigenvalue weighted by Gasteiger charge is 2.48. The van der Waals surface area contributed by atoms with Crippen LogP contribution in [-0.4, -0.2) is 28.1 Å². The minimum Gasteiger partial charge on any atom is -0.507 e. The number of Topliss-reactive ketones (excluding diaryl/α,β-unsaturated/α-hetero) is 1. The van der Waals surface area contributed by atoms with Crippen LogP contribution in [0.5, 0.6) is 5.75 Å². The van der Waals surface area contributed by atoms with E-state index >= 15 is 0 Å². The molecule has 1 N–H and O–H groups in total. The molecule has 3 aromatic rings. The average molecular weight is 497 g/mol. The first-order valence-electron chi connectivity index (χ1n) is 10.0. The molecule has 0 saturated carbocycles. The van der Waals surface area contributed by atoms with Gasteiger partial charge in [0.2, 0.25) is 0 Å². The smallest absolute Gasteiger partial charge is 0.301 e. The number of ether oxygens (including phenoxy) is 1. The molecule has 164 valence electrons. The third-order valence-electron chi connectivity index (χ3n) is 4.97. The summed E-state index contributed by atoms with van der Waals surface area (Å²) < 4.78 is 11.5. The molecule has 1 aromatic heterocycles. The van der Waals surface area contributed by atoms with E-state index in [1.165, 1.54) is 4.90 Å². The summed E-state index contributed by atoms with van der Waals surface area (Å²) in [5.74, 6) is -0.518. The van der Waals surface area contributed by atoms with E-state index in [1.54, 1.807) is 55.5 Å². The number of aromatic nitrogens is 1. The van der Waals surface area contributed by atoms with Gasteiger partial charge < -0.3 is 14.4 Å². The molecule has 1 atom stereocenters. The highest BCUT2D eigenvalue weighted by molar-refractivity contribution is 9.10. The summed E-state index contributed by atoms with van der Waals surface area (Å²) in [5.41, 5.74) is 1.02. The Hall–Kier alpha value is -3.39. The van der Waals surface area contributed by atoms with Crippen molar-refractivity contribution in [3.8, 4) is 5.75 Å². The Bertz CT molecular complexity index is 1210. The Kier molecular flexibility index (Phi) is 5.88. The van der Waals surface area contributed by atoms with E-state index in [0.717, 1.165) is 4.47 Å². The van der Waals surface area contributed by atoms with Gasteiger partial charge in [-0.25, -0.2) is 0 Å². The molecule has 0 unspecified atom stereocenters. The van der Waals surface area contributed by atoms with Crippen molar-refractivity contribution in [2.75, 3.05) is 4.90 Å². The Labute approximate surface area is 193 Å². The Morgan fingerprint density at radius 3 is 2.47 bits per heavy atom. The van der Waals surface area contributed by atoms with Crippen LogP contribution in [0.15, 0.2) is 69.2 Å². The number of aliphatic hydroxyl groups is 1. The van der Waals surface area contributed by atoms with Crippen molar-refractivity contribution in [1.29, 1.82) is 0 Å². The zero-order chi connectivity index (χ0) is 23.0. The first-order chi connectivity index (χ1) is 15.3. The summed E-state index contributed by atoms with van der Waals surface area (Å²) >= 11 is 3.43. The monoisotopic (exact) mass is 496 g/mol. The topological polar surface area (TPSA) is 92.9 Å². The van der Waals surface area contributed by atoms with Crippen LogP contribution >= 0.6 is 15.9 Å². The van der Waals surface area contributed by atoms with Crippen LogP contribution in [0.25, 0.3) is 5.76 Å². The molecule has 1 aliphatic heterocycles. The van der Waals surface area contributed by atoms with Gasteiger partial charge in [-0.15, -0.1) is 0 Å². The van der Waals surface area contributed by atoms with Gasteiger partial charge in [0, 0.05) is 16.1 Å². The van der Waals surface area contributed by atoms with Crippen LogP contribution in [0.1, 0.15) is 36.8 Å². The molecular formula is C24H21BrN2O5. The van der Waals surface area contributed by atoms with Gasteiger partial charge in [0.1, 0.15) is 17.3 Å². The molecule has 1 fully saturated rings. The van der Waals surface area contributed by atoms with Gasteiger partial charge in [-0.1, -0.05) is 33.2 Å². The summed E-state index contributed by atoms with van der Waals surface area (Å²) in [7, 11) is 0. The second-order valence-corrected chi connectivity index (χ2v) is 8.63. The quantitative estimate of drug-likeness (QED) is 0.298. The number of rotatable bonds is 5. The van der Waals surface area contributed by atoms with Gasteiger partial charge in [0.15, 0.2) is 5.82 Å². The van der Waals surface area contributed by atoms with Crippen molar-refractivity contribution in [3.05, 3.63) is 81.5 Å². The van der Waals surface area contributed by atoms with Gasteiger partial charge in [-0.05, 0) is 62.7 Å². The molecule has 2 aromatic carbocycles. The zero-order valence-electron chi connectivity index (χ0n) is 17.7. The first kappa shape index (κ1) is 21.8. The molecule has 1 saturated heterocycles. The van der Waals surface area contributed by atoms with Crippen molar-refractivity contribution in [2.45, 2.75) is 32.9 Å². The molecule has 2 heterocycles. The number of carbonyl (C=O) groups excluding carboxylic acids is 2. The normalized spacial score (nSPS) is 17.9. The van der Waals surface area contributed by atoms with Crippen molar-refractivity contribution in [1.82, 2.24) is 5.16 Å². The molecule has 0 spiro atoms. The maximum Gasteiger partial charge on any atom is 0.301 e. The van der Waals surface area contributed by atoms with E-state index in [9.17, 15) is 14.7 Å². The summed E-state index contributed by atoms with van der Waals surface area (Å²) in [6, 6.07) is 14.6. The number of amides is 1. The lowest BCUT2D eigenvalue weighted by Gasteiger charge is -2.23. The fraction of sp³-hybridized carbons (Fsp3) is 0.208. The van der Waals surface area contributed by atoms with E-state index in [0.29, 0.717) is 22.6 Å². The SMILES string of the molecule is Cc1cc(N2C(=O)C(=O)C(=C(O)c3ccc(OC(C)C)cc3)[C@@H]2c2cccc(Br)c2)no1. The lowest BCUT2D eigenvalue weighted by Crippen LogP contribution is -2.29. The highest BCUT2D eigenvalue weighted by Crippen LogP contribution is 2.42. The summed E-state index contributed by atoms with van der Waals surface area (Å²) in [6.45, 7) is 5.53. The fourth-order valence-electron chi connectivity index (χ4n) is 3.65. The van der Waals surface area contributed by atoms with E-state index in [-0.39, 0.29) is 23.3 Å². The van der Waals surface area contributed by atoms with Crippen molar-refractivity contribution >= 4 is 39.2 Å². The summed E-state index contributed by atoms with van der Waals surface area (Å²) in [4.78, 5) is 27.4. The van der Waals surface area contributed by atoms with E-state index in [4.69, 9.17) is 9.26 Å². The average Bonchev–Trinajstić information content (AvgIpc) is 3.28. The second kappa shape index (κ2) is 8.63. The van der Waals surface area contributed by atoms with E-state index in [1.807, 2.05) is 19.9 Å². The second-order valence-electron chi connectivity index (χ2n) is 7.71. The van der Waals surface area contributed by atoms with Crippen molar-refractivity contribution in [2.24, 2.45) is 0 Å². The maximum absolute atomic E-state index is 13.1. The number of carbonyl (C=O) groups is 2. The predicted octanol–water partition coefficient (Wildman–Crippen LogP) is 5.16. The minimum absolute atomic E-state index is 0.00205. The van der Waals surface area contributed by atoms with Gasteiger partial charge in [-0.3, -0.25) is 14.5 Å². The number of aliphatic hydroxyl groups excluding tert-OH is 1. The van der Waals surface area contributed by atoms with Gasteiger partial charge >= 0.3 is 5.91 Å². The lowest BCUT2D eigenvalue weighted by molar-refractivity contribution is -0.132. The van der Waals surface area contributed by atoms with Crippen molar-refractivity contribution in [3.63, 3.8) is 0 Å². The van der Waals surface area contributed by atoms with Crippen molar-refractivity contribution < 1.29 is 24.0 Å². The third kappa shape index (κ3) is 4.05. The first-order valence-corrected chi connectivity index (χ1v) is 10.8. The van der Waals surface area contributed by atoms with Crippen LogP contribution in [0.2, 0.25) is 0 Å². The Morgan fingerprint density at radius 2 is 1.88 bits per heavy atom. The predicted molar refractivity (Wildman–Crippen MR) is 122 cm³/mol. The molecule has 32 heavy (non-hydrogen) atoms. The number of benzene rings is 2. The van der Waals surface area contributed by atoms with E-state index in [2.05, 4.69) is 21.1 Å². The standard InChI is InChI=1S/C24H21BrN2O5/c1-13(2)31-18-9-7-15(8-10-18)22(28)20-21(16-5-4-6-17(25)12-16)27(24(30)23(20)29)19-11-14(3)32-26-19/h4-13,21,28H,1-3H3/t21-/m0/s1. The maximum atomic E-state index is 13.1. The van der Waals surface area contributed by atoms with Crippen LogP contribution in [0.4, 0.5) is 5.82 Å². The number of nitrogens with zero attached hydrogens (tertiary/aromatic N) is 2. The largest absolute Gasteiger partial charge is 0.507 e. The van der Waals surface area contributed by atoms with Crippen LogP contribution in [0.3, 0.4) is 0 Å². The summed E-state index contributed by atoms with van der Waals surface area (Å²) in [6.07, 6.45) is 0.00205. The number of halogens is 1. The molecule has 4 rings (SSSR count). The lowest BCUT2D eigenvalue weighted by atomic mass is 9.95. The number of ketones is 1. The van der Waals surface area contributed by atoms with Gasteiger partial charge in [0.05, 0.1) is 17.7 Å². The molecule has 7 nitrogen and oxygen atoms in total. The number of hydrogen-bond donors (Lipinski definition) is 1. The molecule has 0 aliphatic carbocycles. The van der Waals surface area contributed by atoms with Gasteiger partial charge in [-0.2, -0.15) is 0 Å². The fourth-order valence-corrected chi connectivity index (χ4v) is 4.06.